The van der Waals surface area contributed by atoms with Crippen LogP contribution in [0.25, 0.3) is 0 Å². The van der Waals surface area contributed by atoms with Gasteiger partial charge in [0, 0.05) is 35.8 Å². The molecule has 0 saturated heterocycles. The minimum absolute atomic E-state index is 0.0789. The van der Waals surface area contributed by atoms with Gasteiger partial charge >= 0.3 is 0 Å². The van der Waals surface area contributed by atoms with Gasteiger partial charge < -0.3 is 10.6 Å². The molecule has 1 atom stereocenters. The fourth-order valence-electron chi connectivity index (χ4n) is 3.87. The van der Waals surface area contributed by atoms with Gasteiger partial charge in [-0.2, -0.15) is 5.10 Å². The van der Waals surface area contributed by atoms with E-state index >= 15 is 0 Å². The molecule has 2 N–H and O–H groups in total. The number of benzene rings is 1. The SMILES string of the molecule is Cc1ccccc1CN[C@@H]1CCc2c(c(C(=O)NCc3cccs3)nn2C)C1. The maximum Gasteiger partial charge on any atom is 0.272 e. The summed E-state index contributed by atoms with van der Waals surface area (Å²) in [6.07, 6.45) is 2.86. The van der Waals surface area contributed by atoms with Crippen molar-refractivity contribution < 1.29 is 4.79 Å². The Kier molecular flexibility index (Phi) is 5.59. The van der Waals surface area contributed by atoms with Crippen LogP contribution in [0.5, 0.6) is 0 Å². The van der Waals surface area contributed by atoms with Crippen molar-refractivity contribution in [1.29, 1.82) is 0 Å². The third-order valence-electron chi connectivity index (χ3n) is 5.52. The fourth-order valence-corrected chi connectivity index (χ4v) is 4.52. The van der Waals surface area contributed by atoms with E-state index in [0.29, 0.717) is 18.3 Å². The smallest absolute Gasteiger partial charge is 0.272 e. The number of amides is 1. The molecule has 6 heteroatoms. The van der Waals surface area contributed by atoms with E-state index in [-0.39, 0.29) is 5.91 Å². The summed E-state index contributed by atoms with van der Waals surface area (Å²) in [6, 6.07) is 12.9. The summed E-state index contributed by atoms with van der Waals surface area (Å²) >= 11 is 1.65. The van der Waals surface area contributed by atoms with Crippen molar-refractivity contribution in [1.82, 2.24) is 20.4 Å². The molecular formula is C22H26N4OS. The van der Waals surface area contributed by atoms with Crippen molar-refractivity contribution >= 4 is 17.2 Å². The molecule has 2 heterocycles. The van der Waals surface area contributed by atoms with Crippen LogP contribution in [0.1, 0.15) is 44.2 Å². The normalized spacial score (nSPS) is 16.0. The molecule has 1 aliphatic carbocycles. The van der Waals surface area contributed by atoms with Crippen LogP contribution in [-0.4, -0.2) is 21.7 Å². The molecule has 4 rings (SSSR count). The highest BCUT2D eigenvalue weighted by atomic mass is 32.1. The van der Waals surface area contributed by atoms with Crippen molar-refractivity contribution in [2.24, 2.45) is 7.05 Å². The number of aryl methyl sites for hydroxylation is 2. The van der Waals surface area contributed by atoms with Crippen LogP contribution in [0.15, 0.2) is 41.8 Å². The Morgan fingerprint density at radius 3 is 2.89 bits per heavy atom. The van der Waals surface area contributed by atoms with E-state index in [4.69, 9.17) is 0 Å². The maximum absolute atomic E-state index is 12.8. The molecule has 0 bridgehead atoms. The lowest BCUT2D eigenvalue weighted by Gasteiger charge is -2.24. The summed E-state index contributed by atoms with van der Waals surface area (Å²) in [4.78, 5) is 13.9. The van der Waals surface area contributed by atoms with Crippen molar-refractivity contribution in [3.8, 4) is 0 Å². The van der Waals surface area contributed by atoms with Gasteiger partial charge in [-0.05, 0) is 48.8 Å². The third kappa shape index (κ3) is 4.03. The Morgan fingerprint density at radius 2 is 2.11 bits per heavy atom. The van der Waals surface area contributed by atoms with Gasteiger partial charge in [-0.15, -0.1) is 11.3 Å². The summed E-state index contributed by atoms with van der Waals surface area (Å²) in [5.41, 5.74) is 5.50. The Morgan fingerprint density at radius 1 is 1.25 bits per heavy atom. The van der Waals surface area contributed by atoms with Crippen LogP contribution in [0.2, 0.25) is 0 Å². The Labute approximate surface area is 169 Å². The van der Waals surface area contributed by atoms with E-state index in [9.17, 15) is 4.79 Å². The minimum Gasteiger partial charge on any atom is -0.346 e. The monoisotopic (exact) mass is 394 g/mol. The summed E-state index contributed by atoms with van der Waals surface area (Å²) in [5, 5.41) is 13.3. The number of nitrogens with one attached hydrogen (secondary N) is 2. The number of thiophene rings is 1. The van der Waals surface area contributed by atoms with Crippen LogP contribution in [-0.2, 0) is 33.0 Å². The van der Waals surface area contributed by atoms with E-state index in [0.717, 1.165) is 36.2 Å². The number of nitrogens with zero attached hydrogens (tertiary/aromatic N) is 2. The van der Waals surface area contributed by atoms with Gasteiger partial charge in [0.25, 0.3) is 5.91 Å². The second kappa shape index (κ2) is 8.29. The predicted octanol–water partition coefficient (Wildman–Crippen LogP) is 3.37. The summed E-state index contributed by atoms with van der Waals surface area (Å²) in [6.45, 7) is 3.55. The first kappa shape index (κ1) is 18.9. The van der Waals surface area contributed by atoms with Gasteiger partial charge in [-0.3, -0.25) is 9.48 Å². The number of fused-ring (bicyclic) bond motifs is 1. The van der Waals surface area contributed by atoms with E-state index in [1.54, 1.807) is 11.3 Å². The molecule has 1 aliphatic rings. The number of carbonyl (C=O) groups excluding carboxylic acids is 1. The fraction of sp³-hybridized carbons (Fsp3) is 0.364. The zero-order valence-corrected chi connectivity index (χ0v) is 17.2. The van der Waals surface area contributed by atoms with Crippen LogP contribution >= 0.6 is 11.3 Å². The van der Waals surface area contributed by atoms with E-state index < -0.39 is 0 Å². The van der Waals surface area contributed by atoms with Gasteiger partial charge in [0.1, 0.15) is 0 Å². The highest BCUT2D eigenvalue weighted by Gasteiger charge is 2.28. The predicted molar refractivity (Wildman–Crippen MR) is 113 cm³/mol. The number of hydrogen-bond donors (Lipinski definition) is 2. The van der Waals surface area contributed by atoms with E-state index in [1.165, 1.54) is 16.8 Å². The summed E-state index contributed by atoms with van der Waals surface area (Å²) in [5.74, 6) is -0.0789. The molecule has 146 valence electrons. The molecule has 0 fully saturated rings. The number of aromatic nitrogens is 2. The lowest BCUT2D eigenvalue weighted by Crippen LogP contribution is -2.35. The molecule has 0 aliphatic heterocycles. The minimum atomic E-state index is -0.0789. The van der Waals surface area contributed by atoms with Crippen molar-refractivity contribution in [3.05, 3.63) is 74.7 Å². The molecular weight excluding hydrogens is 368 g/mol. The first-order chi connectivity index (χ1) is 13.6. The topological polar surface area (TPSA) is 59.0 Å². The lowest BCUT2D eigenvalue weighted by atomic mass is 9.91. The highest BCUT2D eigenvalue weighted by Crippen LogP contribution is 2.25. The molecule has 5 nitrogen and oxygen atoms in total. The molecule has 3 aromatic rings. The number of carbonyl (C=O) groups is 1. The summed E-state index contributed by atoms with van der Waals surface area (Å²) in [7, 11) is 1.94. The van der Waals surface area contributed by atoms with Crippen LogP contribution in [0.4, 0.5) is 0 Å². The first-order valence-electron chi connectivity index (χ1n) is 9.75. The Balaban J connectivity index is 1.43. The van der Waals surface area contributed by atoms with Crippen molar-refractivity contribution in [3.63, 3.8) is 0 Å². The highest BCUT2D eigenvalue weighted by molar-refractivity contribution is 7.09. The molecule has 0 saturated carbocycles. The van der Waals surface area contributed by atoms with Gasteiger partial charge in [0.05, 0.1) is 6.54 Å². The van der Waals surface area contributed by atoms with E-state index in [2.05, 4.69) is 46.9 Å². The molecule has 0 radical (unpaired) electrons. The lowest BCUT2D eigenvalue weighted by molar-refractivity contribution is 0.0944. The first-order valence-corrected chi connectivity index (χ1v) is 10.6. The largest absolute Gasteiger partial charge is 0.346 e. The van der Waals surface area contributed by atoms with Crippen LogP contribution in [0, 0.1) is 6.92 Å². The molecule has 2 aromatic heterocycles. The van der Waals surface area contributed by atoms with E-state index in [1.807, 2.05) is 29.2 Å². The van der Waals surface area contributed by atoms with Gasteiger partial charge in [0.2, 0.25) is 0 Å². The van der Waals surface area contributed by atoms with Gasteiger partial charge in [-0.25, -0.2) is 0 Å². The standard InChI is InChI=1S/C22H26N4OS/c1-15-6-3-4-7-16(15)13-23-17-9-10-20-19(12-17)21(25-26(20)2)22(27)24-14-18-8-5-11-28-18/h3-8,11,17,23H,9-10,12-14H2,1-2H3,(H,24,27)/t17-/m1/s1. The zero-order chi connectivity index (χ0) is 19.5. The molecule has 1 amide bonds. The van der Waals surface area contributed by atoms with Gasteiger partial charge in [-0.1, -0.05) is 30.3 Å². The second-order valence-corrected chi connectivity index (χ2v) is 8.44. The molecule has 0 spiro atoms. The Bertz CT molecular complexity index is 961. The summed E-state index contributed by atoms with van der Waals surface area (Å²) < 4.78 is 1.88. The van der Waals surface area contributed by atoms with Crippen molar-refractivity contribution in [2.75, 3.05) is 0 Å². The maximum atomic E-state index is 12.8. The third-order valence-corrected chi connectivity index (χ3v) is 6.39. The number of hydrogen-bond acceptors (Lipinski definition) is 4. The zero-order valence-electron chi connectivity index (χ0n) is 16.4. The Hall–Kier alpha value is -2.44. The quantitative estimate of drug-likeness (QED) is 0.674. The van der Waals surface area contributed by atoms with Gasteiger partial charge in [0.15, 0.2) is 5.69 Å². The molecule has 1 aromatic carbocycles. The second-order valence-electron chi connectivity index (χ2n) is 7.41. The molecule has 0 unspecified atom stereocenters. The van der Waals surface area contributed by atoms with Crippen LogP contribution in [0.3, 0.4) is 0 Å². The average molecular weight is 395 g/mol. The van der Waals surface area contributed by atoms with Crippen molar-refractivity contribution in [2.45, 2.75) is 45.3 Å². The number of rotatable bonds is 6. The van der Waals surface area contributed by atoms with Crippen LogP contribution < -0.4 is 10.6 Å². The average Bonchev–Trinajstić information content (AvgIpc) is 3.33. The molecule has 28 heavy (non-hydrogen) atoms.